The molecule has 1 amide bonds. The van der Waals surface area contributed by atoms with Crippen molar-refractivity contribution in [1.82, 2.24) is 0 Å². The predicted octanol–water partition coefficient (Wildman–Crippen LogP) is 1.26. The zero-order valence-electron chi connectivity index (χ0n) is 10.8. The van der Waals surface area contributed by atoms with E-state index in [-0.39, 0.29) is 17.3 Å². The summed E-state index contributed by atoms with van der Waals surface area (Å²) in [7, 11) is -3.87. The largest absolute Gasteiger partial charge is 0.508 e. The SMILES string of the molecule is NS(=O)(=O)Nc1cccc(NC(=O)c2ccc(O)cc2)c1. The van der Waals surface area contributed by atoms with Crippen molar-refractivity contribution in [3.63, 3.8) is 0 Å². The molecule has 0 bridgehead atoms. The maximum Gasteiger partial charge on any atom is 0.296 e. The lowest BCUT2D eigenvalue weighted by molar-refractivity contribution is 0.102. The molecule has 0 heterocycles. The quantitative estimate of drug-likeness (QED) is 0.679. The number of carbonyl (C=O) groups excluding carboxylic acids is 1. The first-order valence-corrected chi connectivity index (χ1v) is 7.39. The Morgan fingerprint density at radius 1 is 1.05 bits per heavy atom. The van der Waals surface area contributed by atoms with E-state index < -0.39 is 10.2 Å². The van der Waals surface area contributed by atoms with Crippen LogP contribution in [0.15, 0.2) is 48.5 Å². The van der Waals surface area contributed by atoms with Gasteiger partial charge in [-0.25, -0.2) is 5.14 Å². The molecule has 2 rings (SSSR count). The van der Waals surface area contributed by atoms with Crippen molar-refractivity contribution in [2.45, 2.75) is 0 Å². The molecule has 0 saturated heterocycles. The van der Waals surface area contributed by atoms with Crippen LogP contribution in [0.5, 0.6) is 5.75 Å². The lowest BCUT2D eigenvalue weighted by Gasteiger charge is -2.08. The second-order valence-corrected chi connectivity index (χ2v) is 5.52. The molecule has 2 aromatic carbocycles. The number of hydrogen-bond donors (Lipinski definition) is 4. The number of rotatable bonds is 4. The van der Waals surface area contributed by atoms with E-state index in [1.807, 2.05) is 0 Å². The van der Waals surface area contributed by atoms with Crippen LogP contribution in [-0.4, -0.2) is 19.4 Å². The Bertz CT molecular complexity index is 757. The molecule has 8 heteroatoms. The molecule has 0 aliphatic carbocycles. The Morgan fingerprint density at radius 3 is 2.29 bits per heavy atom. The number of anilines is 2. The fourth-order valence-electron chi connectivity index (χ4n) is 1.64. The molecule has 0 spiro atoms. The Labute approximate surface area is 121 Å². The van der Waals surface area contributed by atoms with Crippen LogP contribution in [0, 0.1) is 0 Å². The minimum Gasteiger partial charge on any atom is -0.508 e. The number of aromatic hydroxyl groups is 1. The first-order chi connectivity index (χ1) is 9.83. The fourth-order valence-corrected chi connectivity index (χ4v) is 2.10. The molecule has 21 heavy (non-hydrogen) atoms. The number of amides is 1. The minimum atomic E-state index is -3.87. The molecule has 0 fully saturated rings. The second-order valence-electron chi connectivity index (χ2n) is 4.23. The summed E-state index contributed by atoms with van der Waals surface area (Å²) in [5.74, 6) is -0.325. The number of phenolic OH excluding ortho intramolecular Hbond substituents is 1. The molecule has 110 valence electrons. The molecule has 5 N–H and O–H groups in total. The van der Waals surface area contributed by atoms with Crippen LogP contribution in [0.1, 0.15) is 10.4 Å². The molecule has 0 saturated carbocycles. The summed E-state index contributed by atoms with van der Waals surface area (Å²) >= 11 is 0. The summed E-state index contributed by atoms with van der Waals surface area (Å²) in [6.07, 6.45) is 0. The van der Waals surface area contributed by atoms with Gasteiger partial charge in [0.2, 0.25) is 0 Å². The molecule has 0 aromatic heterocycles. The first-order valence-electron chi connectivity index (χ1n) is 5.84. The van der Waals surface area contributed by atoms with Crippen LogP contribution in [-0.2, 0) is 10.2 Å². The van der Waals surface area contributed by atoms with Crippen LogP contribution >= 0.6 is 0 Å². The highest BCUT2D eigenvalue weighted by Gasteiger charge is 2.07. The number of benzene rings is 2. The summed E-state index contributed by atoms with van der Waals surface area (Å²) in [6, 6.07) is 11.8. The minimum absolute atomic E-state index is 0.0610. The van der Waals surface area contributed by atoms with Gasteiger partial charge >= 0.3 is 0 Å². The standard InChI is InChI=1S/C13H13N3O4S/c14-21(19,20)16-11-3-1-2-10(8-11)15-13(18)9-4-6-12(17)7-5-9/h1-8,16-17H,(H,15,18)(H2,14,19,20). The zero-order valence-corrected chi connectivity index (χ0v) is 11.6. The van der Waals surface area contributed by atoms with Crippen molar-refractivity contribution >= 4 is 27.5 Å². The van der Waals surface area contributed by atoms with E-state index in [1.54, 1.807) is 12.1 Å². The zero-order chi connectivity index (χ0) is 15.5. The van der Waals surface area contributed by atoms with Crippen molar-refractivity contribution in [1.29, 1.82) is 0 Å². The van der Waals surface area contributed by atoms with E-state index in [9.17, 15) is 13.2 Å². The van der Waals surface area contributed by atoms with Gasteiger partial charge in [-0.1, -0.05) is 6.07 Å². The van der Waals surface area contributed by atoms with Crippen molar-refractivity contribution in [2.24, 2.45) is 5.14 Å². The van der Waals surface area contributed by atoms with Crippen molar-refractivity contribution in [3.8, 4) is 5.75 Å². The van der Waals surface area contributed by atoms with E-state index in [1.165, 1.54) is 36.4 Å². The molecule has 0 aliphatic rings. The van der Waals surface area contributed by atoms with E-state index in [4.69, 9.17) is 10.2 Å². The molecule has 0 unspecified atom stereocenters. The van der Waals surface area contributed by atoms with Gasteiger partial charge in [0.25, 0.3) is 16.1 Å². The summed E-state index contributed by atoms with van der Waals surface area (Å²) in [5, 5.41) is 16.6. The van der Waals surface area contributed by atoms with Crippen LogP contribution in [0.25, 0.3) is 0 Å². The second kappa shape index (κ2) is 5.81. The molecular weight excluding hydrogens is 294 g/mol. The summed E-state index contributed by atoms with van der Waals surface area (Å²) < 4.78 is 24.0. The number of hydrogen-bond acceptors (Lipinski definition) is 4. The van der Waals surface area contributed by atoms with Crippen molar-refractivity contribution in [3.05, 3.63) is 54.1 Å². The number of phenols is 1. The fraction of sp³-hybridized carbons (Fsp3) is 0. The highest BCUT2D eigenvalue weighted by atomic mass is 32.2. The third-order valence-corrected chi connectivity index (χ3v) is 3.03. The van der Waals surface area contributed by atoms with E-state index in [2.05, 4.69) is 10.0 Å². The third-order valence-electron chi connectivity index (χ3n) is 2.51. The number of carbonyl (C=O) groups is 1. The summed E-state index contributed by atoms with van der Waals surface area (Å²) in [4.78, 5) is 12.0. The van der Waals surface area contributed by atoms with Crippen LogP contribution in [0.3, 0.4) is 0 Å². The van der Waals surface area contributed by atoms with Gasteiger partial charge in [0, 0.05) is 11.3 Å². The molecular formula is C13H13N3O4S. The van der Waals surface area contributed by atoms with E-state index >= 15 is 0 Å². The smallest absolute Gasteiger partial charge is 0.296 e. The molecule has 0 radical (unpaired) electrons. The number of nitrogens with two attached hydrogens (primary N) is 1. The van der Waals surface area contributed by atoms with Crippen molar-refractivity contribution in [2.75, 3.05) is 10.0 Å². The van der Waals surface area contributed by atoms with Gasteiger partial charge in [0.15, 0.2) is 0 Å². The van der Waals surface area contributed by atoms with Gasteiger partial charge in [0.1, 0.15) is 5.75 Å². The van der Waals surface area contributed by atoms with Crippen molar-refractivity contribution < 1.29 is 18.3 Å². The van der Waals surface area contributed by atoms with Gasteiger partial charge in [-0.15, -0.1) is 0 Å². The summed E-state index contributed by atoms with van der Waals surface area (Å²) in [6.45, 7) is 0. The summed E-state index contributed by atoms with van der Waals surface area (Å²) in [5.41, 5.74) is 1.00. The molecule has 0 atom stereocenters. The highest BCUT2D eigenvalue weighted by Crippen LogP contribution is 2.17. The van der Waals surface area contributed by atoms with E-state index in [0.717, 1.165) is 0 Å². The maximum atomic E-state index is 12.0. The van der Waals surface area contributed by atoms with Gasteiger partial charge < -0.3 is 10.4 Å². The molecule has 2 aromatic rings. The van der Waals surface area contributed by atoms with Gasteiger partial charge in [0.05, 0.1) is 5.69 Å². The van der Waals surface area contributed by atoms with Gasteiger partial charge in [-0.2, -0.15) is 8.42 Å². The third kappa shape index (κ3) is 4.48. The Kier molecular flexibility index (Phi) is 4.10. The van der Waals surface area contributed by atoms with Crippen LogP contribution in [0.2, 0.25) is 0 Å². The Balaban J connectivity index is 2.14. The monoisotopic (exact) mass is 307 g/mol. The van der Waals surface area contributed by atoms with E-state index in [0.29, 0.717) is 11.3 Å². The lowest BCUT2D eigenvalue weighted by atomic mass is 10.2. The molecule has 7 nitrogen and oxygen atoms in total. The van der Waals surface area contributed by atoms with Gasteiger partial charge in [-0.05, 0) is 42.5 Å². The average Bonchev–Trinajstić information content (AvgIpc) is 2.37. The van der Waals surface area contributed by atoms with Gasteiger partial charge in [-0.3, -0.25) is 9.52 Å². The molecule has 0 aliphatic heterocycles. The predicted molar refractivity (Wildman–Crippen MR) is 79.2 cm³/mol. The average molecular weight is 307 g/mol. The maximum absolute atomic E-state index is 12.0. The topological polar surface area (TPSA) is 122 Å². The normalized spacial score (nSPS) is 10.9. The first kappa shape index (κ1) is 14.8. The Morgan fingerprint density at radius 2 is 1.67 bits per heavy atom. The Hall–Kier alpha value is -2.58. The van der Waals surface area contributed by atoms with Crippen LogP contribution in [0.4, 0.5) is 11.4 Å². The van der Waals surface area contributed by atoms with Crippen LogP contribution < -0.4 is 15.2 Å². The highest BCUT2D eigenvalue weighted by molar-refractivity contribution is 7.90. The lowest BCUT2D eigenvalue weighted by Crippen LogP contribution is -2.21. The number of nitrogens with one attached hydrogen (secondary N) is 2.